The Hall–Kier alpha value is -2.51. The molecule has 3 aromatic rings. The Bertz CT molecular complexity index is 1200. The van der Waals surface area contributed by atoms with E-state index in [0.717, 1.165) is 59.5 Å². The molecule has 162 valence electrons. The first-order chi connectivity index (χ1) is 15.0. The molecule has 1 aliphatic heterocycles. The number of piperazine rings is 1. The highest BCUT2D eigenvalue weighted by molar-refractivity contribution is 7.18. The average Bonchev–Trinajstić information content (AvgIpc) is 3.12. The Labute approximate surface area is 185 Å². The summed E-state index contributed by atoms with van der Waals surface area (Å²) in [6.07, 6.45) is 4.43. The standard InChI is InChI=1S/C24H28N4O2S/c1-15-7-8-17(16(2)13-15)24(30)28-11-9-27(10-12-28)14-20-25-22(29)21-18-5-3-4-6-19(18)31-23(21)26-20/h7-8,13H,3-6,9-12,14H2,1-2H3,(H,25,26,29). The van der Waals surface area contributed by atoms with Crippen molar-refractivity contribution in [1.29, 1.82) is 0 Å². The maximum atomic E-state index is 12.9. The van der Waals surface area contributed by atoms with Crippen LogP contribution >= 0.6 is 11.3 Å². The van der Waals surface area contributed by atoms with Gasteiger partial charge in [0.2, 0.25) is 0 Å². The van der Waals surface area contributed by atoms with E-state index in [0.29, 0.717) is 19.6 Å². The van der Waals surface area contributed by atoms with Gasteiger partial charge in [0.25, 0.3) is 11.5 Å². The molecule has 7 heteroatoms. The molecule has 31 heavy (non-hydrogen) atoms. The molecule has 0 spiro atoms. The first kappa shape index (κ1) is 20.4. The van der Waals surface area contributed by atoms with E-state index in [1.165, 1.54) is 22.4 Å². The fourth-order valence-electron chi connectivity index (χ4n) is 4.83. The van der Waals surface area contributed by atoms with Gasteiger partial charge in [-0.1, -0.05) is 17.7 Å². The maximum absolute atomic E-state index is 12.9. The minimum Gasteiger partial charge on any atom is -0.336 e. The summed E-state index contributed by atoms with van der Waals surface area (Å²) < 4.78 is 0. The second-order valence-corrected chi connectivity index (χ2v) is 9.87. The van der Waals surface area contributed by atoms with E-state index >= 15 is 0 Å². The van der Waals surface area contributed by atoms with Gasteiger partial charge >= 0.3 is 0 Å². The second-order valence-electron chi connectivity index (χ2n) is 8.79. The van der Waals surface area contributed by atoms with Crippen LogP contribution in [0.15, 0.2) is 23.0 Å². The van der Waals surface area contributed by atoms with Gasteiger partial charge in [0.15, 0.2) is 0 Å². The van der Waals surface area contributed by atoms with Crippen LogP contribution in [-0.4, -0.2) is 51.9 Å². The van der Waals surface area contributed by atoms with Crippen molar-refractivity contribution in [1.82, 2.24) is 19.8 Å². The zero-order valence-electron chi connectivity index (χ0n) is 18.2. The first-order valence-corrected chi connectivity index (χ1v) is 11.9. The minimum absolute atomic E-state index is 0.00283. The normalized spacial score (nSPS) is 17.2. The third-order valence-electron chi connectivity index (χ3n) is 6.52. The molecule has 3 heterocycles. The van der Waals surface area contributed by atoms with Crippen LogP contribution in [0.25, 0.3) is 10.2 Å². The van der Waals surface area contributed by atoms with Gasteiger partial charge in [0.05, 0.1) is 11.9 Å². The quantitative estimate of drug-likeness (QED) is 0.683. The number of aromatic nitrogens is 2. The highest BCUT2D eigenvalue weighted by Gasteiger charge is 2.24. The van der Waals surface area contributed by atoms with Crippen molar-refractivity contribution < 1.29 is 4.79 Å². The van der Waals surface area contributed by atoms with Gasteiger partial charge in [0.1, 0.15) is 10.7 Å². The van der Waals surface area contributed by atoms with Gasteiger partial charge in [-0.2, -0.15) is 0 Å². The number of thiophene rings is 1. The molecule has 5 rings (SSSR count). The van der Waals surface area contributed by atoms with Crippen LogP contribution in [0.2, 0.25) is 0 Å². The lowest BCUT2D eigenvalue weighted by atomic mass is 9.97. The Kier molecular flexibility index (Phi) is 5.40. The molecule has 2 aromatic heterocycles. The Morgan fingerprint density at radius 1 is 1.13 bits per heavy atom. The summed E-state index contributed by atoms with van der Waals surface area (Å²) in [5.41, 5.74) is 4.22. The minimum atomic E-state index is 0.00283. The molecule has 1 N–H and O–H groups in total. The van der Waals surface area contributed by atoms with Gasteiger partial charge in [-0.3, -0.25) is 14.5 Å². The number of carbonyl (C=O) groups excluding carboxylic acids is 1. The summed E-state index contributed by atoms with van der Waals surface area (Å²) in [6.45, 7) is 7.58. The predicted octanol–water partition coefficient (Wildman–Crippen LogP) is 3.44. The Balaban J connectivity index is 1.27. The molecule has 2 aliphatic rings. The molecule has 0 radical (unpaired) electrons. The second kappa shape index (κ2) is 8.20. The average molecular weight is 437 g/mol. The van der Waals surface area contributed by atoms with E-state index in [4.69, 9.17) is 4.98 Å². The van der Waals surface area contributed by atoms with Gasteiger partial charge < -0.3 is 9.88 Å². The van der Waals surface area contributed by atoms with E-state index < -0.39 is 0 Å². The molecule has 0 unspecified atom stereocenters. The van der Waals surface area contributed by atoms with Crippen molar-refractivity contribution >= 4 is 27.5 Å². The van der Waals surface area contributed by atoms with Crippen molar-refractivity contribution in [3.05, 3.63) is 61.5 Å². The van der Waals surface area contributed by atoms with E-state index in [1.54, 1.807) is 11.3 Å². The summed E-state index contributed by atoms with van der Waals surface area (Å²) in [7, 11) is 0. The van der Waals surface area contributed by atoms with Gasteiger partial charge in [-0.05, 0) is 56.7 Å². The number of benzene rings is 1. The topological polar surface area (TPSA) is 69.3 Å². The summed E-state index contributed by atoms with van der Waals surface area (Å²) in [6, 6.07) is 5.99. The van der Waals surface area contributed by atoms with Gasteiger partial charge in [-0.25, -0.2) is 4.98 Å². The molecular formula is C24H28N4O2S. The van der Waals surface area contributed by atoms with E-state index in [9.17, 15) is 9.59 Å². The van der Waals surface area contributed by atoms with Gasteiger partial charge in [0, 0.05) is 36.6 Å². The third kappa shape index (κ3) is 3.92. The molecule has 0 bridgehead atoms. The van der Waals surface area contributed by atoms with Crippen molar-refractivity contribution in [2.24, 2.45) is 0 Å². The van der Waals surface area contributed by atoms with Crippen LogP contribution < -0.4 is 5.56 Å². The molecule has 1 amide bonds. The van der Waals surface area contributed by atoms with Crippen LogP contribution in [0, 0.1) is 13.8 Å². The SMILES string of the molecule is Cc1ccc(C(=O)N2CCN(Cc3nc4sc5c(c4c(=O)[nH]3)CCCC5)CC2)c(C)c1. The van der Waals surface area contributed by atoms with Crippen LogP contribution in [0.3, 0.4) is 0 Å². The number of aryl methyl sites for hydroxylation is 4. The van der Waals surface area contributed by atoms with Crippen molar-refractivity contribution in [3.63, 3.8) is 0 Å². The summed E-state index contributed by atoms with van der Waals surface area (Å²) >= 11 is 1.69. The number of amides is 1. The molecule has 1 fully saturated rings. The summed E-state index contributed by atoms with van der Waals surface area (Å²) in [4.78, 5) is 39.9. The largest absolute Gasteiger partial charge is 0.336 e. The number of H-pyrrole nitrogens is 1. The number of rotatable bonds is 3. The molecular weight excluding hydrogens is 408 g/mol. The Morgan fingerprint density at radius 3 is 2.68 bits per heavy atom. The lowest BCUT2D eigenvalue weighted by molar-refractivity contribution is 0.0625. The number of hydrogen-bond acceptors (Lipinski definition) is 5. The lowest BCUT2D eigenvalue weighted by Crippen LogP contribution is -2.48. The molecule has 0 saturated carbocycles. The summed E-state index contributed by atoms with van der Waals surface area (Å²) in [5.74, 6) is 0.833. The van der Waals surface area contributed by atoms with Crippen LogP contribution in [0.4, 0.5) is 0 Å². The van der Waals surface area contributed by atoms with Crippen molar-refractivity contribution in [3.8, 4) is 0 Å². The molecule has 1 aromatic carbocycles. The molecule has 1 saturated heterocycles. The lowest BCUT2D eigenvalue weighted by Gasteiger charge is -2.34. The zero-order chi connectivity index (χ0) is 21.5. The van der Waals surface area contributed by atoms with E-state index in [2.05, 4.69) is 16.0 Å². The number of carbonyl (C=O) groups is 1. The fourth-order valence-corrected chi connectivity index (χ4v) is 6.11. The monoisotopic (exact) mass is 436 g/mol. The highest BCUT2D eigenvalue weighted by Crippen LogP contribution is 2.33. The van der Waals surface area contributed by atoms with Crippen molar-refractivity contribution in [2.45, 2.75) is 46.1 Å². The predicted molar refractivity (Wildman–Crippen MR) is 124 cm³/mol. The van der Waals surface area contributed by atoms with Crippen molar-refractivity contribution in [2.75, 3.05) is 26.2 Å². The zero-order valence-corrected chi connectivity index (χ0v) is 19.0. The highest BCUT2D eigenvalue weighted by atomic mass is 32.1. The number of nitrogens with zero attached hydrogens (tertiary/aromatic N) is 3. The Morgan fingerprint density at radius 2 is 1.90 bits per heavy atom. The van der Waals surface area contributed by atoms with Crippen LogP contribution in [0.5, 0.6) is 0 Å². The first-order valence-electron chi connectivity index (χ1n) is 11.1. The molecule has 1 aliphatic carbocycles. The summed E-state index contributed by atoms with van der Waals surface area (Å²) in [5, 5.41) is 0.812. The smallest absolute Gasteiger partial charge is 0.259 e. The van der Waals surface area contributed by atoms with Gasteiger partial charge in [-0.15, -0.1) is 11.3 Å². The van der Waals surface area contributed by atoms with Crippen LogP contribution in [0.1, 0.15) is 50.6 Å². The third-order valence-corrected chi connectivity index (χ3v) is 7.70. The fraction of sp³-hybridized carbons (Fsp3) is 0.458. The number of nitrogens with one attached hydrogen (secondary N) is 1. The molecule has 6 nitrogen and oxygen atoms in total. The maximum Gasteiger partial charge on any atom is 0.259 e. The van der Waals surface area contributed by atoms with E-state index in [-0.39, 0.29) is 11.5 Å². The number of hydrogen-bond donors (Lipinski definition) is 1. The number of aromatic amines is 1. The number of fused-ring (bicyclic) bond motifs is 3. The molecule has 0 atom stereocenters. The van der Waals surface area contributed by atoms with Crippen LogP contribution in [-0.2, 0) is 19.4 Å². The van der Waals surface area contributed by atoms with E-state index in [1.807, 2.05) is 30.9 Å².